The smallest absolute Gasteiger partial charge is 0.416 e. The molecule has 1 amide bonds. The van der Waals surface area contributed by atoms with Gasteiger partial charge in [-0.25, -0.2) is 4.79 Å². The first-order chi connectivity index (χ1) is 11.0. The number of aliphatic carboxylic acids is 2. The highest BCUT2D eigenvalue weighted by atomic mass is 19.4. The van der Waals surface area contributed by atoms with E-state index < -0.39 is 54.6 Å². The monoisotopic (exact) mass is 349 g/mol. The normalized spacial score (nSPS) is 13.8. The Morgan fingerprint density at radius 2 is 1.62 bits per heavy atom. The summed E-state index contributed by atoms with van der Waals surface area (Å²) in [6, 6.07) is 1.58. The van der Waals surface area contributed by atoms with E-state index in [9.17, 15) is 32.7 Å². The summed E-state index contributed by atoms with van der Waals surface area (Å²) >= 11 is 0. The van der Waals surface area contributed by atoms with E-state index in [0.29, 0.717) is 12.1 Å². The fourth-order valence-electron chi connectivity index (χ4n) is 1.78. The van der Waals surface area contributed by atoms with Crippen LogP contribution in [0.3, 0.4) is 0 Å². The molecule has 0 saturated heterocycles. The maximum atomic E-state index is 12.4. The van der Waals surface area contributed by atoms with Crippen LogP contribution in [0.15, 0.2) is 24.3 Å². The van der Waals surface area contributed by atoms with Crippen LogP contribution in [0.2, 0.25) is 0 Å². The van der Waals surface area contributed by atoms with Crippen molar-refractivity contribution in [1.29, 1.82) is 0 Å². The van der Waals surface area contributed by atoms with E-state index in [2.05, 4.69) is 0 Å². The molecular weight excluding hydrogens is 335 g/mol. The Morgan fingerprint density at radius 1 is 1.08 bits per heavy atom. The minimum absolute atomic E-state index is 0.164. The molecule has 10 heteroatoms. The summed E-state index contributed by atoms with van der Waals surface area (Å²) in [6.07, 6.45) is -7.39. The number of alkyl halides is 3. The van der Waals surface area contributed by atoms with Gasteiger partial charge in [-0.15, -0.1) is 0 Å². The summed E-state index contributed by atoms with van der Waals surface area (Å²) in [5.74, 6) is -3.92. The second-order valence-electron chi connectivity index (χ2n) is 4.85. The van der Waals surface area contributed by atoms with Crippen LogP contribution in [0.25, 0.3) is 0 Å². The van der Waals surface area contributed by atoms with Gasteiger partial charge in [0, 0.05) is 6.42 Å². The van der Waals surface area contributed by atoms with Crippen LogP contribution in [0.5, 0.6) is 0 Å². The zero-order chi connectivity index (χ0) is 18.5. The van der Waals surface area contributed by atoms with Crippen LogP contribution >= 0.6 is 0 Å². The maximum Gasteiger partial charge on any atom is 0.416 e. The van der Waals surface area contributed by atoms with E-state index in [4.69, 9.17) is 10.2 Å². The van der Waals surface area contributed by atoms with Crippen molar-refractivity contribution in [3.05, 3.63) is 35.4 Å². The highest BCUT2D eigenvalue weighted by molar-refractivity contribution is 5.87. The molecule has 0 radical (unpaired) electrons. The van der Waals surface area contributed by atoms with Crippen molar-refractivity contribution in [2.75, 3.05) is 0 Å². The fourth-order valence-corrected chi connectivity index (χ4v) is 1.78. The standard InChI is InChI=1S/C14H14F3NO6/c15-14(16,17)8-3-1-7(2-4-8)11(21)12(22)18-9(13(23)24)5-6-10(19)20/h1-4,9,11,21H,5-6H2,(H,18,22)(H,19,20)(H,23,24)/t9-,11+/m1/s1. The number of halogens is 3. The number of aliphatic hydroxyl groups excluding tert-OH is 1. The molecule has 0 saturated carbocycles. The number of benzene rings is 1. The molecule has 1 aromatic carbocycles. The number of rotatable bonds is 7. The molecule has 24 heavy (non-hydrogen) atoms. The third-order valence-corrected chi connectivity index (χ3v) is 3.06. The Morgan fingerprint density at radius 3 is 2.04 bits per heavy atom. The van der Waals surface area contributed by atoms with Gasteiger partial charge in [0.25, 0.3) is 5.91 Å². The first-order valence-electron chi connectivity index (χ1n) is 6.62. The molecule has 1 rings (SSSR count). The van der Waals surface area contributed by atoms with Crippen molar-refractivity contribution < 1.29 is 42.9 Å². The molecule has 0 aliphatic rings. The van der Waals surface area contributed by atoms with E-state index >= 15 is 0 Å². The van der Waals surface area contributed by atoms with E-state index in [-0.39, 0.29) is 5.56 Å². The molecule has 0 heterocycles. The van der Waals surface area contributed by atoms with Crippen LogP contribution in [-0.2, 0) is 20.6 Å². The van der Waals surface area contributed by atoms with Crippen LogP contribution in [-0.4, -0.2) is 39.2 Å². The first kappa shape index (κ1) is 19.4. The molecular formula is C14H14F3NO6. The maximum absolute atomic E-state index is 12.4. The molecule has 132 valence electrons. The molecule has 2 atom stereocenters. The largest absolute Gasteiger partial charge is 0.481 e. The molecule has 0 bridgehead atoms. The lowest BCUT2D eigenvalue weighted by Gasteiger charge is -2.17. The van der Waals surface area contributed by atoms with Crippen LogP contribution in [0.4, 0.5) is 13.2 Å². The quantitative estimate of drug-likeness (QED) is 0.586. The molecule has 0 aliphatic carbocycles. The van der Waals surface area contributed by atoms with E-state index in [0.717, 1.165) is 12.1 Å². The van der Waals surface area contributed by atoms with Gasteiger partial charge in [-0.05, 0) is 24.1 Å². The Balaban J connectivity index is 2.78. The molecule has 0 aliphatic heterocycles. The number of aliphatic hydroxyl groups is 1. The zero-order valence-corrected chi connectivity index (χ0v) is 12.1. The SMILES string of the molecule is O=C(O)CC[C@@H](NC(=O)[C@@H](O)c1ccc(C(F)(F)F)cc1)C(=O)O. The zero-order valence-electron chi connectivity index (χ0n) is 12.1. The van der Waals surface area contributed by atoms with Gasteiger partial charge in [-0.1, -0.05) is 12.1 Å². The lowest BCUT2D eigenvalue weighted by molar-refractivity contribution is -0.144. The summed E-state index contributed by atoms with van der Waals surface area (Å²) in [7, 11) is 0. The Kier molecular flexibility index (Phi) is 6.29. The molecule has 4 N–H and O–H groups in total. The topological polar surface area (TPSA) is 124 Å². The van der Waals surface area contributed by atoms with E-state index in [1.54, 1.807) is 0 Å². The summed E-state index contributed by atoms with van der Waals surface area (Å²) < 4.78 is 37.3. The first-order valence-corrected chi connectivity index (χ1v) is 6.62. The number of amides is 1. The number of carboxylic acids is 2. The lowest BCUT2D eigenvalue weighted by atomic mass is 10.1. The van der Waals surface area contributed by atoms with Crippen LogP contribution in [0, 0.1) is 0 Å². The Bertz CT molecular complexity index is 614. The lowest BCUT2D eigenvalue weighted by Crippen LogP contribution is -2.43. The fraction of sp³-hybridized carbons (Fsp3) is 0.357. The van der Waals surface area contributed by atoms with Crippen molar-refractivity contribution in [2.24, 2.45) is 0 Å². The average Bonchev–Trinajstić information content (AvgIpc) is 2.49. The molecule has 1 aromatic rings. The van der Waals surface area contributed by atoms with Crippen LogP contribution in [0.1, 0.15) is 30.1 Å². The number of nitrogens with one attached hydrogen (secondary N) is 1. The minimum atomic E-state index is -4.57. The summed E-state index contributed by atoms with van der Waals surface area (Å²) in [4.78, 5) is 33.2. The van der Waals surface area contributed by atoms with Gasteiger partial charge in [-0.2, -0.15) is 13.2 Å². The number of hydrogen-bond acceptors (Lipinski definition) is 4. The van der Waals surface area contributed by atoms with Gasteiger partial charge in [-0.3, -0.25) is 9.59 Å². The second kappa shape index (κ2) is 7.77. The van der Waals surface area contributed by atoms with Crippen molar-refractivity contribution in [2.45, 2.75) is 31.2 Å². The highest BCUT2D eigenvalue weighted by Gasteiger charge is 2.31. The van der Waals surface area contributed by atoms with Crippen molar-refractivity contribution in [3.8, 4) is 0 Å². The number of hydrogen-bond donors (Lipinski definition) is 4. The van der Waals surface area contributed by atoms with Gasteiger partial charge < -0.3 is 20.6 Å². The van der Waals surface area contributed by atoms with Gasteiger partial charge in [0.05, 0.1) is 5.56 Å². The minimum Gasteiger partial charge on any atom is -0.481 e. The molecule has 7 nitrogen and oxygen atoms in total. The van der Waals surface area contributed by atoms with Crippen LogP contribution < -0.4 is 5.32 Å². The molecule has 0 unspecified atom stereocenters. The number of carboxylic acid groups (broad SMARTS) is 2. The summed E-state index contributed by atoms with van der Waals surface area (Å²) in [6.45, 7) is 0. The van der Waals surface area contributed by atoms with Gasteiger partial charge in [0.15, 0.2) is 6.10 Å². The third-order valence-electron chi connectivity index (χ3n) is 3.06. The van der Waals surface area contributed by atoms with Crippen molar-refractivity contribution >= 4 is 17.8 Å². The van der Waals surface area contributed by atoms with Crippen molar-refractivity contribution in [1.82, 2.24) is 5.32 Å². The number of carbonyl (C=O) groups is 3. The average molecular weight is 349 g/mol. The summed E-state index contributed by atoms with van der Waals surface area (Å²) in [5.41, 5.74) is -1.13. The van der Waals surface area contributed by atoms with Gasteiger partial charge in [0.2, 0.25) is 0 Å². The molecule has 0 fully saturated rings. The van der Waals surface area contributed by atoms with Crippen molar-refractivity contribution in [3.63, 3.8) is 0 Å². The molecule has 0 spiro atoms. The highest BCUT2D eigenvalue weighted by Crippen LogP contribution is 2.29. The number of carbonyl (C=O) groups excluding carboxylic acids is 1. The van der Waals surface area contributed by atoms with Gasteiger partial charge >= 0.3 is 18.1 Å². The Labute approximate surface area is 133 Å². The third kappa shape index (κ3) is 5.54. The van der Waals surface area contributed by atoms with E-state index in [1.165, 1.54) is 0 Å². The molecule has 0 aromatic heterocycles. The predicted octanol–water partition coefficient (Wildman–Crippen LogP) is 1.17. The summed E-state index contributed by atoms with van der Waals surface area (Å²) in [5, 5.41) is 29.1. The Hall–Kier alpha value is -2.62. The van der Waals surface area contributed by atoms with E-state index in [1.807, 2.05) is 5.32 Å². The predicted molar refractivity (Wildman–Crippen MR) is 72.8 cm³/mol. The second-order valence-corrected chi connectivity index (χ2v) is 4.85. The van der Waals surface area contributed by atoms with Gasteiger partial charge in [0.1, 0.15) is 6.04 Å².